The lowest BCUT2D eigenvalue weighted by Crippen LogP contribution is -2.12. The molecule has 0 aliphatic carbocycles. The summed E-state index contributed by atoms with van der Waals surface area (Å²) in [4.78, 5) is 4.17. The van der Waals surface area contributed by atoms with E-state index in [1.165, 1.54) is 0 Å². The van der Waals surface area contributed by atoms with Crippen LogP contribution in [0.3, 0.4) is 0 Å². The summed E-state index contributed by atoms with van der Waals surface area (Å²) in [5.74, 6) is 1.16. The van der Waals surface area contributed by atoms with Gasteiger partial charge in [-0.15, -0.1) is 6.58 Å². The van der Waals surface area contributed by atoms with Crippen molar-refractivity contribution < 1.29 is 4.74 Å². The Bertz CT molecular complexity index is 325. The fourth-order valence-electron chi connectivity index (χ4n) is 0.987. The molecule has 0 aromatic carbocycles. The second kappa shape index (κ2) is 4.50. The van der Waals surface area contributed by atoms with Crippen LogP contribution in [0.1, 0.15) is 6.92 Å². The van der Waals surface area contributed by atoms with E-state index in [4.69, 9.17) is 10.5 Å². The molecule has 0 spiro atoms. The van der Waals surface area contributed by atoms with Gasteiger partial charge in [0.25, 0.3) is 0 Å². The molecule has 0 bridgehead atoms. The topological polar surface area (TPSA) is 60.2 Å². The second-order valence-corrected chi connectivity index (χ2v) is 2.96. The van der Waals surface area contributed by atoms with Crippen LogP contribution in [0.5, 0.6) is 5.88 Å². The van der Waals surface area contributed by atoms with E-state index in [1.54, 1.807) is 25.3 Å². The Balaban J connectivity index is 2.84. The molecule has 0 aliphatic heterocycles. The number of rotatable bonds is 4. The zero-order valence-electron chi connectivity index (χ0n) is 8.45. The standard InChI is InChI=1S/C10H15N3O/c1-4-7(2)12-9-6-5-8(11)10(13-9)14-3/h4-7H,1,11H2,2-3H3,(H,12,13). The van der Waals surface area contributed by atoms with Gasteiger partial charge in [0, 0.05) is 6.04 Å². The van der Waals surface area contributed by atoms with Crippen molar-refractivity contribution in [3.63, 3.8) is 0 Å². The fraction of sp³-hybridized carbons (Fsp3) is 0.300. The summed E-state index contributed by atoms with van der Waals surface area (Å²) in [6.45, 7) is 5.65. The predicted molar refractivity (Wildman–Crippen MR) is 58.5 cm³/mol. The number of hydrogen-bond acceptors (Lipinski definition) is 4. The molecule has 1 unspecified atom stereocenters. The third-order valence-corrected chi connectivity index (χ3v) is 1.81. The van der Waals surface area contributed by atoms with Crippen LogP contribution in [0.2, 0.25) is 0 Å². The van der Waals surface area contributed by atoms with Crippen LogP contribution < -0.4 is 15.8 Å². The summed E-state index contributed by atoms with van der Waals surface area (Å²) in [6, 6.07) is 3.72. The molecule has 0 fully saturated rings. The Morgan fingerprint density at radius 3 is 2.93 bits per heavy atom. The molecule has 4 nitrogen and oxygen atoms in total. The number of pyridine rings is 1. The maximum absolute atomic E-state index is 5.63. The summed E-state index contributed by atoms with van der Waals surface area (Å²) in [5.41, 5.74) is 6.16. The van der Waals surface area contributed by atoms with E-state index in [-0.39, 0.29) is 6.04 Å². The van der Waals surface area contributed by atoms with Crippen LogP contribution >= 0.6 is 0 Å². The van der Waals surface area contributed by atoms with Gasteiger partial charge < -0.3 is 15.8 Å². The second-order valence-electron chi connectivity index (χ2n) is 2.96. The number of hydrogen-bond donors (Lipinski definition) is 2. The van der Waals surface area contributed by atoms with Crippen molar-refractivity contribution in [2.45, 2.75) is 13.0 Å². The molecule has 0 saturated heterocycles. The van der Waals surface area contributed by atoms with Gasteiger partial charge in [-0.25, -0.2) is 0 Å². The molecule has 1 aromatic rings. The number of methoxy groups -OCH3 is 1. The molecule has 14 heavy (non-hydrogen) atoms. The van der Waals surface area contributed by atoms with Crippen molar-refractivity contribution in [2.75, 3.05) is 18.2 Å². The van der Waals surface area contributed by atoms with Gasteiger partial charge in [-0.2, -0.15) is 4.98 Å². The van der Waals surface area contributed by atoms with E-state index < -0.39 is 0 Å². The smallest absolute Gasteiger partial charge is 0.238 e. The monoisotopic (exact) mass is 193 g/mol. The van der Waals surface area contributed by atoms with Crippen LogP contribution in [0.25, 0.3) is 0 Å². The molecule has 76 valence electrons. The van der Waals surface area contributed by atoms with Crippen molar-refractivity contribution >= 4 is 11.5 Å². The lowest BCUT2D eigenvalue weighted by atomic mass is 10.3. The van der Waals surface area contributed by atoms with E-state index in [0.717, 1.165) is 5.82 Å². The average molecular weight is 193 g/mol. The highest BCUT2D eigenvalue weighted by atomic mass is 16.5. The zero-order chi connectivity index (χ0) is 10.6. The minimum atomic E-state index is 0.163. The largest absolute Gasteiger partial charge is 0.479 e. The number of aromatic nitrogens is 1. The van der Waals surface area contributed by atoms with Crippen LogP contribution in [-0.4, -0.2) is 18.1 Å². The summed E-state index contributed by atoms with van der Waals surface area (Å²) in [5, 5.41) is 3.13. The van der Waals surface area contributed by atoms with Crippen LogP contribution in [0.4, 0.5) is 11.5 Å². The number of nitrogens with two attached hydrogens (primary N) is 1. The Morgan fingerprint density at radius 1 is 1.64 bits per heavy atom. The number of nitrogens with zero attached hydrogens (tertiary/aromatic N) is 1. The number of ether oxygens (including phenoxy) is 1. The minimum Gasteiger partial charge on any atom is -0.479 e. The summed E-state index contributed by atoms with van der Waals surface area (Å²) in [6.07, 6.45) is 1.80. The number of anilines is 2. The first-order chi connectivity index (χ1) is 6.67. The molecule has 1 heterocycles. The van der Waals surface area contributed by atoms with Gasteiger partial charge >= 0.3 is 0 Å². The van der Waals surface area contributed by atoms with Gasteiger partial charge in [-0.1, -0.05) is 6.08 Å². The lowest BCUT2D eigenvalue weighted by molar-refractivity contribution is 0.401. The van der Waals surface area contributed by atoms with Gasteiger partial charge in [-0.05, 0) is 19.1 Å². The first-order valence-corrected chi connectivity index (χ1v) is 4.37. The lowest BCUT2D eigenvalue weighted by Gasteiger charge is -2.11. The van der Waals surface area contributed by atoms with Gasteiger partial charge in [0.1, 0.15) is 5.82 Å². The normalized spacial score (nSPS) is 11.9. The molecule has 1 rings (SSSR count). The Morgan fingerprint density at radius 2 is 2.36 bits per heavy atom. The van der Waals surface area contributed by atoms with Crippen molar-refractivity contribution in [1.82, 2.24) is 4.98 Å². The third kappa shape index (κ3) is 2.39. The molecule has 3 N–H and O–H groups in total. The summed E-state index contributed by atoms with van der Waals surface area (Å²) in [7, 11) is 1.54. The molecule has 1 atom stereocenters. The minimum absolute atomic E-state index is 0.163. The predicted octanol–water partition coefficient (Wildman–Crippen LogP) is 1.66. The van der Waals surface area contributed by atoms with E-state index in [0.29, 0.717) is 11.6 Å². The van der Waals surface area contributed by atoms with Crippen molar-refractivity contribution in [1.29, 1.82) is 0 Å². The highest BCUT2D eigenvalue weighted by molar-refractivity contribution is 5.53. The molecule has 0 amide bonds. The Hall–Kier alpha value is -1.71. The van der Waals surface area contributed by atoms with Gasteiger partial charge in [0.15, 0.2) is 0 Å². The van der Waals surface area contributed by atoms with Crippen LogP contribution in [0.15, 0.2) is 24.8 Å². The van der Waals surface area contributed by atoms with E-state index in [2.05, 4.69) is 16.9 Å². The summed E-state index contributed by atoms with van der Waals surface area (Å²) >= 11 is 0. The van der Waals surface area contributed by atoms with Crippen LogP contribution in [0, 0.1) is 0 Å². The molecule has 0 aliphatic rings. The fourth-order valence-corrected chi connectivity index (χ4v) is 0.987. The highest BCUT2D eigenvalue weighted by Gasteiger charge is 2.03. The van der Waals surface area contributed by atoms with Gasteiger partial charge in [-0.3, -0.25) is 0 Å². The maximum Gasteiger partial charge on any atom is 0.238 e. The molecule has 0 radical (unpaired) electrons. The number of nitrogens with one attached hydrogen (secondary N) is 1. The molecular formula is C10H15N3O. The highest BCUT2D eigenvalue weighted by Crippen LogP contribution is 2.20. The van der Waals surface area contributed by atoms with E-state index in [9.17, 15) is 0 Å². The van der Waals surface area contributed by atoms with Gasteiger partial charge in [0.05, 0.1) is 12.8 Å². The van der Waals surface area contributed by atoms with E-state index in [1.807, 2.05) is 6.92 Å². The summed E-state index contributed by atoms with van der Waals surface area (Å²) < 4.78 is 5.00. The van der Waals surface area contributed by atoms with Crippen molar-refractivity contribution in [2.24, 2.45) is 0 Å². The molecule has 0 saturated carbocycles. The Kier molecular flexibility index (Phi) is 3.34. The average Bonchev–Trinajstić information content (AvgIpc) is 2.20. The third-order valence-electron chi connectivity index (χ3n) is 1.81. The number of nitrogen functional groups attached to an aromatic ring is 1. The maximum atomic E-state index is 5.63. The van der Waals surface area contributed by atoms with E-state index >= 15 is 0 Å². The zero-order valence-corrected chi connectivity index (χ0v) is 8.45. The van der Waals surface area contributed by atoms with Crippen molar-refractivity contribution in [3.05, 3.63) is 24.8 Å². The first-order valence-electron chi connectivity index (χ1n) is 4.37. The molecular weight excluding hydrogens is 178 g/mol. The van der Waals surface area contributed by atoms with Gasteiger partial charge in [0.2, 0.25) is 5.88 Å². The molecule has 1 aromatic heterocycles. The van der Waals surface area contributed by atoms with Crippen molar-refractivity contribution in [3.8, 4) is 5.88 Å². The Labute approximate surface area is 83.8 Å². The molecule has 4 heteroatoms. The first kappa shape index (κ1) is 10.4. The van der Waals surface area contributed by atoms with Crippen LogP contribution in [-0.2, 0) is 0 Å². The quantitative estimate of drug-likeness (QED) is 0.714. The SMILES string of the molecule is C=CC(C)Nc1ccc(N)c(OC)n1.